The van der Waals surface area contributed by atoms with Crippen LogP contribution >= 0.6 is 0 Å². The highest BCUT2D eigenvalue weighted by molar-refractivity contribution is 5.78. The molecule has 3 unspecified atom stereocenters. The van der Waals surface area contributed by atoms with Gasteiger partial charge < -0.3 is 15.3 Å². The summed E-state index contributed by atoms with van der Waals surface area (Å²) in [6.45, 7) is 3.11. The number of nitrogens with one attached hydrogen (secondary N) is 1. The molecule has 2 N–H and O–H groups in total. The quantitative estimate of drug-likeness (QED) is 0.818. The van der Waals surface area contributed by atoms with Crippen LogP contribution in [-0.2, 0) is 0 Å². The Morgan fingerprint density at radius 1 is 1.19 bits per heavy atom. The van der Waals surface area contributed by atoms with Crippen molar-refractivity contribution in [3.05, 3.63) is 0 Å². The summed E-state index contributed by atoms with van der Waals surface area (Å²) in [5.74, 6) is 2.47. The SMILES string of the molecule is CC1(C2CC2)CN(C2C3CC4CC2CC(O)(C4)C3)C(=O)N1. The van der Waals surface area contributed by atoms with Crippen LogP contribution < -0.4 is 5.32 Å². The molecule has 4 nitrogen and oxygen atoms in total. The fourth-order valence-electron chi connectivity index (χ4n) is 6.44. The molecule has 4 heteroatoms. The number of nitrogens with zero attached hydrogens (tertiary/aromatic N) is 1. The highest BCUT2D eigenvalue weighted by Gasteiger charge is 2.59. The summed E-state index contributed by atoms with van der Waals surface area (Å²) in [6.07, 6.45) is 7.86. The Hall–Kier alpha value is -0.770. The summed E-state index contributed by atoms with van der Waals surface area (Å²) in [4.78, 5) is 14.7. The van der Waals surface area contributed by atoms with Gasteiger partial charge in [0.2, 0.25) is 0 Å². The standard InChI is InChI=1S/C17H26N2O2/c1-16(13-2-3-13)9-19(15(20)18-16)14-11-4-10-5-12(14)8-17(21,6-10)7-11/h10-14,21H,2-9H2,1H3,(H,18,20). The minimum absolute atomic E-state index is 0.00263. The van der Waals surface area contributed by atoms with Crippen LogP contribution in [0.1, 0.15) is 51.9 Å². The minimum atomic E-state index is -0.400. The van der Waals surface area contributed by atoms with Crippen LogP contribution in [0.2, 0.25) is 0 Å². The molecule has 5 aliphatic carbocycles. The molecule has 2 amide bonds. The van der Waals surface area contributed by atoms with Crippen LogP contribution in [0.25, 0.3) is 0 Å². The fourth-order valence-corrected chi connectivity index (χ4v) is 6.44. The summed E-state index contributed by atoms with van der Waals surface area (Å²) in [5, 5.41) is 14.0. The molecule has 21 heavy (non-hydrogen) atoms. The van der Waals surface area contributed by atoms with Gasteiger partial charge in [-0.15, -0.1) is 0 Å². The van der Waals surface area contributed by atoms with Crippen molar-refractivity contribution in [1.82, 2.24) is 10.2 Å². The maximum atomic E-state index is 12.6. The summed E-state index contributed by atoms with van der Waals surface area (Å²) < 4.78 is 0. The Labute approximate surface area is 126 Å². The first-order chi connectivity index (χ1) is 9.96. The van der Waals surface area contributed by atoms with Crippen molar-refractivity contribution in [3.63, 3.8) is 0 Å². The highest BCUT2D eigenvalue weighted by atomic mass is 16.3. The van der Waals surface area contributed by atoms with Gasteiger partial charge in [-0.2, -0.15) is 0 Å². The zero-order chi connectivity index (χ0) is 14.4. The molecule has 0 aromatic heterocycles. The van der Waals surface area contributed by atoms with Crippen molar-refractivity contribution in [2.45, 2.75) is 69.1 Å². The molecule has 3 atom stereocenters. The molecule has 5 saturated carbocycles. The molecular weight excluding hydrogens is 264 g/mol. The van der Waals surface area contributed by atoms with Gasteiger partial charge in [-0.1, -0.05) is 0 Å². The van der Waals surface area contributed by atoms with E-state index in [0.717, 1.165) is 25.8 Å². The van der Waals surface area contributed by atoms with Gasteiger partial charge in [-0.05, 0) is 75.5 Å². The summed E-state index contributed by atoms with van der Waals surface area (Å²) >= 11 is 0. The number of carbonyl (C=O) groups excluding carboxylic acids is 1. The molecule has 1 saturated heterocycles. The predicted octanol–water partition coefficient (Wildman–Crippen LogP) is 2.12. The highest BCUT2D eigenvalue weighted by Crippen LogP contribution is 2.57. The Bertz CT molecular complexity index is 487. The van der Waals surface area contributed by atoms with Gasteiger partial charge >= 0.3 is 6.03 Å². The number of amides is 2. The lowest BCUT2D eigenvalue weighted by atomic mass is 9.52. The van der Waals surface area contributed by atoms with Crippen LogP contribution in [0.4, 0.5) is 4.79 Å². The molecular formula is C17H26N2O2. The van der Waals surface area contributed by atoms with Crippen molar-refractivity contribution in [3.8, 4) is 0 Å². The van der Waals surface area contributed by atoms with E-state index in [0.29, 0.717) is 29.7 Å². The molecule has 1 heterocycles. The first-order valence-corrected chi connectivity index (χ1v) is 8.77. The fraction of sp³-hybridized carbons (Fsp3) is 0.941. The van der Waals surface area contributed by atoms with E-state index in [-0.39, 0.29) is 11.6 Å². The largest absolute Gasteiger partial charge is 0.390 e. The molecule has 0 spiro atoms. The topological polar surface area (TPSA) is 52.6 Å². The third-order valence-electron chi connectivity index (χ3n) is 7.18. The zero-order valence-corrected chi connectivity index (χ0v) is 12.8. The van der Waals surface area contributed by atoms with Crippen molar-refractivity contribution < 1.29 is 9.90 Å². The van der Waals surface area contributed by atoms with Gasteiger partial charge in [0.1, 0.15) is 0 Å². The number of aliphatic hydroxyl groups is 1. The van der Waals surface area contributed by atoms with Gasteiger partial charge in [-0.3, -0.25) is 0 Å². The van der Waals surface area contributed by atoms with E-state index in [1.165, 1.54) is 25.7 Å². The molecule has 1 aliphatic heterocycles. The second kappa shape index (κ2) is 3.76. The van der Waals surface area contributed by atoms with Gasteiger partial charge in [0.25, 0.3) is 0 Å². The number of hydrogen-bond acceptors (Lipinski definition) is 2. The Kier molecular flexibility index (Phi) is 2.28. The van der Waals surface area contributed by atoms with Crippen LogP contribution in [0, 0.1) is 23.7 Å². The number of hydrogen-bond donors (Lipinski definition) is 2. The normalized spacial score (nSPS) is 55.1. The van der Waals surface area contributed by atoms with Gasteiger partial charge in [0.15, 0.2) is 0 Å². The van der Waals surface area contributed by atoms with Gasteiger partial charge in [-0.25, -0.2) is 4.79 Å². The number of carbonyl (C=O) groups is 1. The average Bonchev–Trinajstić information content (AvgIpc) is 3.15. The summed E-state index contributed by atoms with van der Waals surface area (Å²) in [7, 11) is 0. The van der Waals surface area contributed by atoms with E-state index in [4.69, 9.17) is 0 Å². The number of urea groups is 1. The molecule has 6 fully saturated rings. The predicted molar refractivity (Wildman–Crippen MR) is 78.7 cm³/mol. The Morgan fingerprint density at radius 2 is 1.86 bits per heavy atom. The molecule has 4 bridgehead atoms. The van der Waals surface area contributed by atoms with Crippen molar-refractivity contribution in [1.29, 1.82) is 0 Å². The maximum absolute atomic E-state index is 12.6. The average molecular weight is 290 g/mol. The third kappa shape index (κ3) is 1.74. The lowest BCUT2D eigenvalue weighted by molar-refractivity contribution is -0.152. The summed E-state index contributed by atoms with van der Waals surface area (Å²) in [5.41, 5.74) is -0.397. The van der Waals surface area contributed by atoms with E-state index in [2.05, 4.69) is 17.1 Å². The van der Waals surface area contributed by atoms with Crippen molar-refractivity contribution in [2.24, 2.45) is 23.7 Å². The lowest BCUT2D eigenvalue weighted by Crippen LogP contribution is -2.62. The Balaban J connectivity index is 1.42. The van der Waals surface area contributed by atoms with Crippen LogP contribution in [0.5, 0.6) is 0 Å². The maximum Gasteiger partial charge on any atom is 0.318 e. The van der Waals surface area contributed by atoms with E-state index >= 15 is 0 Å². The van der Waals surface area contributed by atoms with E-state index in [9.17, 15) is 9.90 Å². The van der Waals surface area contributed by atoms with Crippen LogP contribution in [0.15, 0.2) is 0 Å². The smallest absolute Gasteiger partial charge is 0.318 e. The monoisotopic (exact) mass is 290 g/mol. The van der Waals surface area contributed by atoms with E-state index < -0.39 is 5.60 Å². The Morgan fingerprint density at radius 3 is 2.43 bits per heavy atom. The molecule has 6 rings (SSSR count). The lowest BCUT2D eigenvalue weighted by Gasteiger charge is -2.59. The van der Waals surface area contributed by atoms with Crippen LogP contribution in [0.3, 0.4) is 0 Å². The molecule has 0 aromatic rings. The van der Waals surface area contributed by atoms with Gasteiger partial charge in [0.05, 0.1) is 11.1 Å². The van der Waals surface area contributed by atoms with Crippen LogP contribution in [-0.4, -0.2) is 39.8 Å². The van der Waals surface area contributed by atoms with Crippen molar-refractivity contribution >= 4 is 6.03 Å². The summed E-state index contributed by atoms with van der Waals surface area (Å²) in [6, 6.07) is 0.552. The second-order valence-electron chi connectivity index (χ2n) is 8.93. The van der Waals surface area contributed by atoms with E-state index in [1.54, 1.807) is 0 Å². The minimum Gasteiger partial charge on any atom is -0.390 e. The number of rotatable bonds is 2. The molecule has 0 aromatic carbocycles. The van der Waals surface area contributed by atoms with E-state index in [1.807, 2.05) is 0 Å². The molecule has 116 valence electrons. The first-order valence-electron chi connectivity index (χ1n) is 8.77. The second-order valence-corrected chi connectivity index (χ2v) is 8.93. The zero-order valence-electron chi connectivity index (χ0n) is 12.8. The van der Waals surface area contributed by atoms with Crippen molar-refractivity contribution in [2.75, 3.05) is 6.54 Å². The molecule has 6 aliphatic rings. The third-order valence-corrected chi connectivity index (χ3v) is 7.18. The van der Waals surface area contributed by atoms with Gasteiger partial charge in [0, 0.05) is 12.6 Å². The molecule has 0 radical (unpaired) electrons. The first kappa shape index (κ1) is 12.7.